The lowest BCUT2D eigenvalue weighted by Gasteiger charge is -2.41. The van der Waals surface area contributed by atoms with Crippen molar-refractivity contribution in [2.75, 3.05) is 13.2 Å². The Bertz CT molecular complexity index is 1450. The fraction of sp³-hybridized carbons (Fsp3) is 0.423. The minimum absolute atomic E-state index is 0.0767. The number of hydrogen-bond donors (Lipinski definition) is 10. The zero-order valence-electron chi connectivity index (χ0n) is 20.6. The SMILES string of the molecule is O=c1cc(-c2ccc(O)cc2)oc2c([C@@H]3O[C@H](CO)[C@@H](O)[C@H](O)[C@H]3O)c(O)c([C@@H]3OC[C@H](O)[C@H](O)[C@H]3O)c(O)c12. The maximum absolute atomic E-state index is 13.4. The van der Waals surface area contributed by atoms with Crippen molar-refractivity contribution >= 4 is 11.0 Å². The molecule has 14 heteroatoms. The summed E-state index contributed by atoms with van der Waals surface area (Å²) in [6.07, 6.45) is -15.7. The first-order valence-electron chi connectivity index (χ1n) is 12.3. The summed E-state index contributed by atoms with van der Waals surface area (Å²) in [4.78, 5) is 13.4. The van der Waals surface area contributed by atoms with Gasteiger partial charge in [-0.05, 0) is 24.3 Å². The number of benzene rings is 2. The maximum atomic E-state index is 13.4. The van der Waals surface area contributed by atoms with Crippen LogP contribution in [0.15, 0.2) is 39.5 Å². The van der Waals surface area contributed by atoms with Crippen LogP contribution in [0.3, 0.4) is 0 Å². The summed E-state index contributed by atoms with van der Waals surface area (Å²) >= 11 is 0. The molecule has 0 amide bonds. The Morgan fingerprint density at radius 3 is 2.08 bits per heavy atom. The normalized spacial score (nSPS) is 32.8. The van der Waals surface area contributed by atoms with Crippen LogP contribution in [0.2, 0.25) is 0 Å². The van der Waals surface area contributed by atoms with E-state index in [0.29, 0.717) is 5.56 Å². The largest absolute Gasteiger partial charge is 0.508 e. The molecule has 10 N–H and O–H groups in total. The van der Waals surface area contributed by atoms with Crippen LogP contribution in [0, 0.1) is 0 Å². The van der Waals surface area contributed by atoms with E-state index in [4.69, 9.17) is 13.9 Å². The number of rotatable bonds is 4. The first-order valence-corrected chi connectivity index (χ1v) is 12.3. The Kier molecular flexibility index (Phi) is 7.47. The number of phenols is 3. The summed E-state index contributed by atoms with van der Waals surface area (Å²) in [5.74, 6) is -2.00. The Balaban J connectivity index is 1.81. The van der Waals surface area contributed by atoms with Crippen LogP contribution in [0.25, 0.3) is 22.3 Å². The highest BCUT2D eigenvalue weighted by Gasteiger charge is 2.48. The summed E-state index contributed by atoms with van der Waals surface area (Å²) in [5.41, 5.74) is -2.19. The van der Waals surface area contributed by atoms with E-state index < -0.39 is 107 Å². The van der Waals surface area contributed by atoms with Crippen LogP contribution in [-0.2, 0) is 9.47 Å². The van der Waals surface area contributed by atoms with Gasteiger partial charge in [0.05, 0.1) is 24.3 Å². The number of fused-ring (bicyclic) bond motifs is 1. The third kappa shape index (κ3) is 4.49. The zero-order valence-corrected chi connectivity index (χ0v) is 20.6. The molecule has 0 aliphatic carbocycles. The van der Waals surface area contributed by atoms with Crippen LogP contribution < -0.4 is 5.43 Å². The van der Waals surface area contributed by atoms with E-state index >= 15 is 0 Å². The fourth-order valence-corrected chi connectivity index (χ4v) is 5.11. The van der Waals surface area contributed by atoms with E-state index in [1.165, 1.54) is 24.3 Å². The number of aromatic hydroxyl groups is 3. The highest BCUT2D eigenvalue weighted by atomic mass is 16.5. The number of aliphatic hydroxyl groups is 7. The van der Waals surface area contributed by atoms with E-state index in [1.807, 2.05) is 0 Å². The molecule has 3 heterocycles. The zero-order chi connectivity index (χ0) is 29.0. The molecule has 9 atom stereocenters. The second-order valence-corrected chi connectivity index (χ2v) is 9.80. The molecule has 5 rings (SSSR count). The highest BCUT2D eigenvalue weighted by Crippen LogP contribution is 2.50. The van der Waals surface area contributed by atoms with Crippen molar-refractivity contribution in [3.05, 3.63) is 51.7 Å². The number of aliphatic hydroxyl groups excluding tert-OH is 7. The average Bonchev–Trinajstić information content (AvgIpc) is 2.92. The lowest BCUT2D eigenvalue weighted by atomic mass is 9.85. The van der Waals surface area contributed by atoms with Crippen molar-refractivity contribution in [3.8, 4) is 28.6 Å². The molecule has 0 radical (unpaired) electrons. The van der Waals surface area contributed by atoms with Gasteiger partial charge in [-0.15, -0.1) is 0 Å². The van der Waals surface area contributed by atoms with Crippen molar-refractivity contribution in [1.82, 2.24) is 0 Å². The van der Waals surface area contributed by atoms with E-state index in [1.54, 1.807) is 0 Å². The third-order valence-electron chi connectivity index (χ3n) is 7.31. The van der Waals surface area contributed by atoms with Gasteiger partial charge in [-0.2, -0.15) is 0 Å². The minimum atomic E-state index is -1.96. The smallest absolute Gasteiger partial charge is 0.197 e. The van der Waals surface area contributed by atoms with E-state index in [0.717, 1.165) is 6.07 Å². The third-order valence-corrected chi connectivity index (χ3v) is 7.31. The summed E-state index contributed by atoms with van der Waals surface area (Å²) in [5, 5.41) is 104. The molecule has 14 nitrogen and oxygen atoms in total. The van der Waals surface area contributed by atoms with E-state index in [-0.39, 0.29) is 11.5 Å². The molecule has 3 aromatic rings. The molecular weight excluding hydrogens is 536 g/mol. The minimum Gasteiger partial charge on any atom is -0.508 e. The van der Waals surface area contributed by atoms with Crippen molar-refractivity contribution < 1.29 is 65.0 Å². The highest BCUT2D eigenvalue weighted by molar-refractivity contribution is 5.92. The summed E-state index contributed by atoms with van der Waals surface area (Å²) in [6.45, 7) is -1.34. The second kappa shape index (κ2) is 10.6. The monoisotopic (exact) mass is 564 g/mol. The molecule has 2 saturated heterocycles. The first-order chi connectivity index (χ1) is 19.0. The number of phenolic OH excluding ortho intramolecular Hbond substituents is 3. The Morgan fingerprint density at radius 1 is 0.775 bits per heavy atom. The van der Waals surface area contributed by atoms with E-state index in [9.17, 15) is 55.9 Å². The molecule has 40 heavy (non-hydrogen) atoms. The Hall–Kier alpha value is -3.31. The van der Waals surface area contributed by atoms with Gasteiger partial charge in [0.15, 0.2) is 11.0 Å². The van der Waals surface area contributed by atoms with Crippen LogP contribution in [-0.4, -0.2) is 107 Å². The topological polar surface area (TPSA) is 251 Å². The van der Waals surface area contributed by atoms with E-state index in [2.05, 4.69) is 0 Å². The second-order valence-electron chi connectivity index (χ2n) is 9.80. The van der Waals surface area contributed by atoms with Crippen LogP contribution in [0.4, 0.5) is 0 Å². The van der Waals surface area contributed by atoms with Crippen molar-refractivity contribution in [2.24, 2.45) is 0 Å². The molecule has 2 aliphatic rings. The lowest BCUT2D eigenvalue weighted by molar-refractivity contribution is -0.231. The Morgan fingerprint density at radius 2 is 1.43 bits per heavy atom. The Labute approximate surface area is 224 Å². The van der Waals surface area contributed by atoms with Gasteiger partial charge in [0.2, 0.25) is 0 Å². The standard InChI is InChI=1S/C26H28O14/c27-6-13-18(32)21(35)23(37)26(40-13)16-20(34)15(25-22(36)17(31)11(30)7-38-25)19(33)14-10(29)5-12(39-24(14)16)8-1-3-9(28)4-2-8/h1-5,11,13,17-18,21-23,25-28,30-37H,6-7H2/t11-,13+,17-,18+,21-,22+,23+,25-,26-/m0/s1. The van der Waals surface area contributed by atoms with Gasteiger partial charge >= 0.3 is 0 Å². The van der Waals surface area contributed by atoms with Gasteiger partial charge in [-0.1, -0.05) is 0 Å². The molecule has 2 aromatic carbocycles. The van der Waals surface area contributed by atoms with Crippen molar-refractivity contribution in [1.29, 1.82) is 0 Å². The van der Waals surface area contributed by atoms with Gasteiger partial charge in [0.1, 0.15) is 83.3 Å². The van der Waals surface area contributed by atoms with Crippen molar-refractivity contribution in [2.45, 2.75) is 54.9 Å². The molecule has 2 aliphatic heterocycles. The number of hydrogen-bond acceptors (Lipinski definition) is 14. The van der Waals surface area contributed by atoms with Gasteiger partial charge < -0.3 is 65.0 Å². The predicted octanol–water partition coefficient (Wildman–Crippen LogP) is -1.75. The molecule has 216 valence electrons. The average molecular weight is 564 g/mol. The quantitative estimate of drug-likeness (QED) is 0.169. The summed E-state index contributed by atoms with van der Waals surface area (Å²) in [6, 6.07) is 6.47. The first kappa shape index (κ1) is 28.2. The van der Waals surface area contributed by atoms with Gasteiger partial charge in [-0.3, -0.25) is 4.79 Å². The maximum Gasteiger partial charge on any atom is 0.197 e. The molecule has 1 aromatic heterocycles. The van der Waals surface area contributed by atoms with Gasteiger partial charge in [0, 0.05) is 11.6 Å². The molecule has 2 fully saturated rings. The molecular formula is C26H28O14. The van der Waals surface area contributed by atoms with Crippen LogP contribution in [0.5, 0.6) is 17.2 Å². The number of ether oxygens (including phenoxy) is 2. The van der Waals surface area contributed by atoms with Crippen molar-refractivity contribution in [3.63, 3.8) is 0 Å². The molecule has 0 saturated carbocycles. The molecule has 0 bridgehead atoms. The lowest BCUT2D eigenvalue weighted by Crippen LogP contribution is -2.55. The molecule has 0 unspecified atom stereocenters. The van der Waals surface area contributed by atoms with Crippen LogP contribution >= 0.6 is 0 Å². The molecule has 0 spiro atoms. The summed E-state index contributed by atoms with van der Waals surface area (Å²) in [7, 11) is 0. The summed E-state index contributed by atoms with van der Waals surface area (Å²) < 4.78 is 16.9. The van der Waals surface area contributed by atoms with Gasteiger partial charge in [0.25, 0.3) is 0 Å². The van der Waals surface area contributed by atoms with Gasteiger partial charge in [-0.25, -0.2) is 0 Å². The fourth-order valence-electron chi connectivity index (χ4n) is 5.11. The van der Waals surface area contributed by atoms with Crippen LogP contribution in [0.1, 0.15) is 23.3 Å². The predicted molar refractivity (Wildman–Crippen MR) is 132 cm³/mol.